The van der Waals surface area contributed by atoms with Gasteiger partial charge in [0.25, 0.3) is 0 Å². The van der Waals surface area contributed by atoms with E-state index in [0.29, 0.717) is 0 Å². The predicted molar refractivity (Wildman–Crippen MR) is 101 cm³/mol. The van der Waals surface area contributed by atoms with Crippen molar-refractivity contribution in [2.24, 2.45) is 0 Å². The maximum absolute atomic E-state index is 3.43. The molecule has 0 fully saturated rings. The van der Waals surface area contributed by atoms with Gasteiger partial charge in [0.15, 0.2) is 0 Å². The maximum atomic E-state index is 3.43. The van der Waals surface area contributed by atoms with Gasteiger partial charge in [-0.15, -0.1) is 12.4 Å². The van der Waals surface area contributed by atoms with Crippen LogP contribution in [0.5, 0.6) is 0 Å². The molecule has 1 nitrogen and oxygen atoms in total. The van der Waals surface area contributed by atoms with E-state index in [9.17, 15) is 0 Å². The minimum absolute atomic E-state index is 0. The third kappa shape index (κ3) is 4.26. The van der Waals surface area contributed by atoms with Gasteiger partial charge >= 0.3 is 0 Å². The van der Waals surface area contributed by atoms with Gasteiger partial charge in [0.1, 0.15) is 0 Å². The highest BCUT2D eigenvalue weighted by molar-refractivity contribution is 5.85. The van der Waals surface area contributed by atoms with Crippen LogP contribution in [0, 0.1) is 11.8 Å². The fourth-order valence-corrected chi connectivity index (χ4v) is 2.84. The zero-order valence-corrected chi connectivity index (χ0v) is 14.5. The number of allylic oxidation sites excluding steroid dienone is 1. The Morgan fingerprint density at radius 2 is 1.61 bits per heavy atom. The Balaban J connectivity index is 0.00000192. The molecular weight excluding hydrogens is 302 g/mol. The Morgan fingerprint density at radius 3 is 2.35 bits per heavy atom. The van der Waals surface area contributed by atoms with Crippen molar-refractivity contribution in [3.8, 4) is 11.8 Å². The fourth-order valence-electron chi connectivity index (χ4n) is 2.84. The molecule has 0 radical (unpaired) electrons. The van der Waals surface area contributed by atoms with Crippen molar-refractivity contribution in [3.63, 3.8) is 0 Å². The Bertz CT molecular complexity index is 748. The van der Waals surface area contributed by atoms with Crippen LogP contribution < -0.4 is 0 Å². The summed E-state index contributed by atoms with van der Waals surface area (Å²) in [4.78, 5) is 2.23. The SMILES string of the molecule is CN(C)CCC1=C(C#Cc2ccccc2)Cc2ccccc21.Cl. The second kappa shape index (κ2) is 8.02. The van der Waals surface area contributed by atoms with Crippen molar-refractivity contribution in [2.75, 3.05) is 20.6 Å². The van der Waals surface area contributed by atoms with Crippen molar-refractivity contribution in [3.05, 3.63) is 76.9 Å². The number of nitrogens with zero attached hydrogens (tertiary/aromatic N) is 1. The molecule has 0 aromatic heterocycles. The summed E-state index contributed by atoms with van der Waals surface area (Å²) < 4.78 is 0. The van der Waals surface area contributed by atoms with Crippen LogP contribution in [0.3, 0.4) is 0 Å². The van der Waals surface area contributed by atoms with Gasteiger partial charge in [0, 0.05) is 24.1 Å². The minimum Gasteiger partial charge on any atom is -0.309 e. The average molecular weight is 324 g/mol. The summed E-state index contributed by atoms with van der Waals surface area (Å²) >= 11 is 0. The number of hydrogen-bond donors (Lipinski definition) is 0. The van der Waals surface area contributed by atoms with Gasteiger partial charge < -0.3 is 4.90 Å². The molecule has 0 aliphatic heterocycles. The van der Waals surface area contributed by atoms with Crippen molar-refractivity contribution in [2.45, 2.75) is 12.8 Å². The van der Waals surface area contributed by atoms with E-state index in [2.05, 4.69) is 67.2 Å². The molecule has 23 heavy (non-hydrogen) atoms. The molecule has 0 N–H and O–H groups in total. The first kappa shape index (κ1) is 17.3. The average Bonchev–Trinajstić information content (AvgIpc) is 2.89. The van der Waals surface area contributed by atoms with E-state index in [1.165, 1.54) is 22.3 Å². The van der Waals surface area contributed by atoms with Gasteiger partial charge in [-0.2, -0.15) is 0 Å². The van der Waals surface area contributed by atoms with Crippen molar-refractivity contribution in [1.82, 2.24) is 4.90 Å². The van der Waals surface area contributed by atoms with E-state index >= 15 is 0 Å². The van der Waals surface area contributed by atoms with E-state index in [4.69, 9.17) is 0 Å². The van der Waals surface area contributed by atoms with Gasteiger partial charge in [0.05, 0.1) is 0 Å². The summed E-state index contributed by atoms with van der Waals surface area (Å²) in [6.45, 7) is 1.06. The van der Waals surface area contributed by atoms with E-state index in [1.807, 2.05) is 18.2 Å². The normalized spacial score (nSPS) is 12.5. The molecule has 0 amide bonds. The molecule has 1 aliphatic rings. The zero-order valence-electron chi connectivity index (χ0n) is 13.7. The lowest BCUT2D eigenvalue weighted by Crippen LogP contribution is -2.13. The lowest BCUT2D eigenvalue weighted by molar-refractivity contribution is 0.419. The van der Waals surface area contributed by atoms with Crippen LogP contribution in [0.2, 0.25) is 0 Å². The summed E-state index contributed by atoms with van der Waals surface area (Å²) in [6.07, 6.45) is 2.03. The number of fused-ring (bicyclic) bond motifs is 1. The maximum Gasteiger partial charge on any atom is 0.0248 e. The summed E-state index contributed by atoms with van der Waals surface area (Å²) in [6, 6.07) is 18.9. The van der Waals surface area contributed by atoms with E-state index in [0.717, 1.165) is 24.9 Å². The topological polar surface area (TPSA) is 3.24 Å². The Morgan fingerprint density at radius 1 is 0.913 bits per heavy atom. The quantitative estimate of drug-likeness (QED) is 0.756. The molecule has 0 heterocycles. The minimum atomic E-state index is 0. The Hall–Kier alpha value is -2.01. The van der Waals surface area contributed by atoms with Crippen LogP contribution in [-0.2, 0) is 6.42 Å². The van der Waals surface area contributed by atoms with Gasteiger partial charge in [-0.3, -0.25) is 0 Å². The molecular formula is C21H22ClN. The van der Waals surface area contributed by atoms with Crippen molar-refractivity contribution in [1.29, 1.82) is 0 Å². The van der Waals surface area contributed by atoms with Gasteiger partial charge in [-0.05, 0) is 49.3 Å². The predicted octanol–water partition coefficient (Wildman–Crippen LogP) is 4.42. The molecule has 2 heteroatoms. The second-order valence-electron chi connectivity index (χ2n) is 5.96. The second-order valence-corrected chi connectivity index (χ2v) is 5.96. The Kier molecular flexibility index (Phi) is 6.04. The zero-order chi connectivity index (χ0) is 15.4. The monoisotopic (exact) mass is 323 g/mol. The van der Waals surface area contributed by atoms with Crippen LogP contribution in [0.4, 0.5) is 0 Å². The van der Waals surface area contributed by atoms with E-state index in [1.54, 1.807) is 0 Å². The van der Waals surface area contributed by atoms with Gasteiger partial charge in [-0.1, -0.05) is 54.3 Å². The van der Waals surface area contributed by atoms with Crippen LogP contribution in [0.15, 0.2) is 60.2 Å². The molecule has 3 rings (SSSR count). The summed E-state index contributed by atoms with van der Waals surface area (Å²) in [5, 5.41) is 0. The first-order valence-electron chi connectivity index (χ1n) is 7.76. The van der Waals surface area contributed by atoms with Crippen LogP contribution >= 0.6 is 12.4 Å². The molecule has 0 saturated heterocycles. The van der Waals surface area contributed by atoms with Crippen molar-refractivity contribution >= 4 is 18.0 Å². The molecule has 118 valence electrons. The van der Waals surface area contributed by atoms with Crippen LogP contribution in [-0.4, -0.2) is 25.5 Å². The lowest BCUT2D eigenvalue weighted by atomic mass is 10.0. The van der Waals surface area contributed by atoms with Gasteiger partial charge in [-0.25, -0.2) is 0 Å². The highest BCUT2D eigenvalue weighted by Crippen LogP contribution is 2.34. The van der Waals surface area contributed by atoms with Crippen LogP contribution in [0.25, 0.3) is 5.57 Å². The summed E-state index contributed by atoms with van der Waals surface area (Å²) in [5.41, 5.74) is 6.59. The molecule has 0 bridgehead atoms. The highest BCUT2D eigenvalue weighted by Gasteiger charge is 2.19. The lowest BCUT2D eigenvalue weighted by Gasteiger charge is -2.11. The highest BCUT2D eigenvalue weighted by atomic mass is 35.5. The van der Waals surface area contributed by atoms with E-state index in [-0.39, 0.29) is 12.4 Å². The number of hydrogen-bond acceptors (Lipinski definition) is 1. The number of benzene rings is 2. The smallest absolute Gasteiger partial charge is 0.0248 e. The third-order valence-electron chi connectivity index (χ3n) is 4.01. The largest absolute Gasteiger partial charge is 0.309 e. The van der Waals surface area contributed by atoms with Crippen molar-refractivity contribution < 1.29 is 0 Å². The molecule has 0 saturated carbocycles. The molecule has 0 unspecified atom stereocenters. The molecule has 1 aliphatic carbocycles. The van der Waals surface area contributed by atoms with Crippen LogP contribution in [0.1, 0.15) is 23.1 Å². The standard InChI is InChI=1S/C21H21N.ClH/c1-22(2)15-14-21-19(13-12-17-8-4-3-5-9-17)16-18-10-6-7-11-20(18)21;/h3-11H,14-16H2,1-2H3;1H. The fraction of sp³-hybridized carbons (Fsp3) is 0.238. The third-order valence-corrected chi connectivity index (χ3v) is 4.01. The summed E-state index contributed by atoms with van der Waals surface area (Å²) in [7, 11) is 4.24. The number of rotatable bonds is 3. The Labute approximate surface area is 145 Å². The molecule has 0 spiro atoms. The first-order chi connectivity index (χ1) is 10.7. The molecule has 0 atom stereocenters. The first-order valence-corrected chi connectivity index (χ1v) is 7.76. The number of halogens is 1. The summed E-state index contributed by atoms with van der Waals surface area (Å²) in [5.74, 6) is 6.75. The van der Waals surface area contributed by atoms with Gasteiger partial charge in [0.2, 0.25) is 0 Å². The molecule has 2 aromatic carbocycles. The van der Waals surface area contributed by atoms with E-state index < -0.39 is 0 Å². The molecule has 2 aromatic rings.